The summed E-state index contributed by atoms with van der Waals surface area (Å²) in [7, 11) is -9.73. The molecule has 126 valence electrons. The van der Waals surface area contributed by atoms with Crippen molar-refractivity contribution in [3.05, 3.63) is 35.9 Å². The maximum atomic E-state index is 11.1. The molecule has 24 heavy (non-hydrogen) atoms. The molecular weight excluding hydrogens is 400 g/mol. The third-order valence-corrected chi connectivity index (χ3v) is 6.58. The van der Waals surface area contributed by atoms with Gasteiger partial charge in [0.15, 0.2) is 25.8 Å². The van der Waals surface area contributed by atoms with Crippen LogP contribution in [0.3, 0.4) is 0 Å². The molecule has 1 aromatic carbocycles. The van der Waals surface area contributed by atoms with Gasteiger partial charge in [-0.2, -0.15) is 0 Å². The van der Waals surface area contributed by atoms with Crippen LogP contribution in [0.25, 0.3) is 0 Å². The SMILES string of the molecule is CN(C(=S)NCc1ccccc1)C(P(=O)([O-])O)P(=O)([O-])O.O.[Na+].[Na+]. The van der Waals surface area contributed by atoms with Gasteiger partial charge in [0.25, 0.3) is 0 Å². The van der Waals surface area contributed by atoms with Crippen LogP contribution in [0, 0.1) is 0 Å². The first-order valence-corrected chi connectivity index (χ1v) is 9.35. The van der Waals surface area contributed by atoms with Crippen molar-refractivity contribution in [1.82, 2.24) is 10.2 Å². The van der Waals surface area contributed by atoms with E-state index in [-0.39, 0.29) is 76.2 Å². The Morgan fingerprint density at radius 3 is 2.00 bits per heavy atom. The minimum Gasteiger partial charge on any atom is -0.777 e. The number of thiocarbonyl (C=S) groups is 1. The first-order chi connectivity index (χ1) is 9.53. The van der Waals surface area contributed by atoms with Gasteiger partial charge >= 0.3 is 59.1 Å². The summed E-state index contributed by atoms with van der Waals surface area (Å²) in [5.41, 5.74) is -1.70. The molecule has 0 bridgehead atoms. The van der Waals surface area contributed by atoms with Gasteiger partial charge in [0.1, 0.15) is 0 Å². The van der Waals surface area contributed by atoms with Crippen molar-refractivity contribution in [2.24, 2.45) is 0 Å². The fourth-order valence-electron chi connectivity index (χ4n) is 1.63. The van der Waals surface area contributed by atoms with Gasteiger partial charge in [-0.3, -0.25) is 0 Å². The smallest absolute Gasteiger partial charge is 0.777 e. The Labute approximate surface area is 189 Å². The number of rotatable bonds is 5. The standard InChI is InChI=1S/C10H16N2O6P2S.2Na.H2O/c1-12(10(19(13,14)15)20(16,17)18)9(21)11-7-8-5-3-2-4-6-8;;;/h2-6,10H,7H2,1H3,(H,11,21)(H2,13,14,15)(H2,16,17,18);;;1H2/q;2*+1;/p-2. The number of nitrogens with one attached hydrogen (secondary N) is 1. The second-order valence-electron chi connectivity index (χ2n) is 4.23. The van der Waals surface area contributed by atoms with Gasteiger partial charge in [0, 0.05) is 13.6 Å². The van der Waals surface area contributed by atoms with Crippen LogP contribution >= 0.6 is 27.4 Å². The molecule has 0 spiro atoms. The van der Waals surface area contributed by atoms with E-state index in [1.807, 2.05) is 6.07 Å². The van der Waals surface area contributed by atoms with E-state index in [1.54, 1.807) is 24.3 Å². The molecule has 0 amide bonds. The predicted molar refractivity (Wildman–Crippen MR) is 80.7 cm³/mol. The molecule has 9 nitrogen and oxygen atoms in total. The van der Waals surface area contributed by atoms with E-state index < -0.39 is 20.7 Å². The van der Waals surface area contributed by atoms with Gasteiger partial charge in [-0.1, -0.05) is 30.3 Å². The van der Waals surface area contributed by atoms with Crippen molar-refractivity contribution in [1.29, 1.82) is 0 Å². The molecule has 14 heteroatoms. The summed E-state index contributed by atoms with van der Waals surface area (Å²) in [4.78, 5) is 40.7. The van der Waals surface area contributed by atoms with Crippen LogP contribution in [0.4, 0.5) is 0 Å². The summed E-state index contributed by atoms with van der Waals surface area (Å²) in [6, 6.07) is 8.94. The van der Waals surface area contributed by atoms with Gasteiger partial charge < -0.3 is 44.4 Å². The van der Waals surface area contributed by atoms with Crippen LogP contribution in [0.2, 0.25) is 0 Å². The summed E-state index contributed by atoms with van der Waals surface area (Å²) >= 11 is 4.86. The third kappa shape index (κ3) is 9.75. The Kier molecular flexibility index (Phi) is 15.6. The molecular formula is C10H16N2Na2O7P2S. The van der Waals surface area contributed by atoms with Crippen LogP contribution in [0.5, 0.6) is 0 Å². The molecule has 0 aliphatic heterocycles. The average Bonchev–Trinajstić information content (AvgIpc) is 2.33. The average molecular weight is 416 g/mol. The van der Waals surface area contributed by atoms with E-state index in [2.05, 4.69) is 5.32 Å². The number of hydrogen-bond acceptors (Lipinski definition) is 5. The minimum absolute atomic E-state index is 0. The van der Waals surface area contributed by atoms with Crippen molar-refractivity contribution < 1.29 is 93.3 Å². The second-order valence-corrected chi connectivity index (χ2v) is 8.26. The molecule has 2 unspecified atom stereocenters. The summed E-state index contributed by atoms with van der Waals surface area (Å²) < 4.78 is 22.2. The van der Waals surface area contributed by atoms with E-state index >= 15 is 0 Å². The largest absolute Gasteiger partial charge is 1.00 e. The van der Waals surface area contributed by atoms with E-state index in [1.165, 1.54) is 0 Å². The summed E-state index contributed by atoms with van der Waals surface area (Å²) in [6.45, 7) is 0.222. The van der Waals surface area contributed by atoms with Crippen molar-refractivity contribution >= 4 is 32.5 Å². The van der Waals surface area contributed by atoms with Crippen molar-refractivity contribution in [3.63, 3.8) is 0 Å². The summed E-state index contributed by atoms with van der Waals surface area (Å²) in [5.74, 6) is 0. The second kappa shape index (κ2) is 12.5. The van der Waals surface area contributed by atoms with E-state index in [0.29, 0.717) is 4.90 Å². The normalized spacial score (nSPS) is 15.9. The van der Waals surface area contributed by atoms with Crippen LogP contribution in [-0.4, -0.2) is 37.8 Å². The molecule has 2 atom stereocenters. The van der Waals surface area contributed by atoms with Crippen LogP contribution in [-0.2, 0) is 15.7 Å². The monoisotopic (exact) mass is 416 g/mol. The molecule has 5 N–H and O–H groups in total. The zero-order valence-corrected chi connectivity index (χ0v) is 20.1. The molecule has 0 saturated heterocycles. The number of nitrogens with zero attached hydrogens (tertiary/aromatic N) is 1. The Morgan fingerprint density at radius 2 is 1.62 bits per heavy atom. The molecule has 0 saturated carbocycles. The molecule has 0 aliphatic carbocycles. The Morgan fingerprint density at radius 1 is 1.21 bits per heavy atom. The molecule has 1 rings (SSSR count). The summed E-state index contributed by atoms with van der Waals surface area (Å²) in [6.07, 6.45) is 0. The minimum atomic E-state index is -5.38. The van der Waals surface area contributed by atoms with Gasteiger partial charge in [0.2, 0.25) is 0 Å². The molecule has 0 heterocycles. The molecule has 0 aromatic heterocycles. The van der Waals surface area contributed by atoms with Crippen LogP contribution < -0.4 is 74.2 Å². The quantitative estimate of drug-likeness (QED) is 0.240. The topological polar surface area (TPSA) is 167 Å². The zero-order valence-electron chi connectivity index (χ0n) is 13.4. The molecule has 1 aromatic rings. The van der Waals surface area contributed by atoms with Gasteiger partial charge in [-0.05, 0) is 17.8 Å². The Hall–Kier alpha value is 1.17. The number of benzene rings is 1. The first-order valence-electron chi connectivity index (χ1n) is 5.65. The van der Waals surface area contributed by atoms with E-state index in [9.17, 15) is 18.9 Å². The summed E-state index contributed by atoms with van der Waals surface area (Å²) in [5, 5.41) is 2.39. The van der Waals surface area contributed by atoms with E-state index in [0.717, 1.165) is 12.6 Å². The fourth-order valence-corrected chi connectivity index (χ4v) is 4.54. The first kappa shape index (κ1) is 29.9. The Balaban J connectivity index is -0.00000147. The van der Waals surface area contributed by atoms with Crippen molar-refractivity contribution in [3.8, 4) is 0 Å². The fraction of sp³-hybridized carbons (Fsp3) is 0.300. The van der Waals surface area contributed by atoms with Crippen LogP contribution in [0.1, 0.15) is 5.56 Å². The van der Waals surface area contributed by atoms with Crippen molar-refractivity contribution in [2.45, 2.75) is 12.1 Å². The van der Waals surface area contributed by atoms with Crippen molar-refractivity contribution in [2.75, 3.05) is 7.05 Å². The zero-order chi connectivity index (χ0) is 16.3. The Bertz CT molecular complexity index is 576. The van der Waals surface area contributed by atoms with E-state index in [4.69, 9.17) is 22.0 Å². The predicted octanol–water partition coefficient (Wildman–Crippen LogP) is -7.45. The third-order valence-electron chi connectivity index (χ3n) is 2.54. The number of hydrogen-bond donors (Lipinski definition) is 3. The molecule has 0 aliphatic rings. The van der Waals surface area contributed by atoms with Gasteiger partial charge in [-0.25, -0.2) is 0 Å². The van der Waals surface area contributed by atoms with Crippen LogP contribution in [0.15, 0.2) is 30.3 Å². The maximum Gasteiger partial charge on any atom is 1.00 e. The maximum absolute atomic E-state index is 11.1. The molecule has 0 fully saturated rings. The van der Waals surface area contributed by atoms with Gasteiger partial charge in [0.05, 0.1) is 0 Å². The van der Waals surface area contributed by atoms with Gasteiger partial charge in [-0.15, -0.1) is 0 Å². The molecule has 0 radical (unpaired) electrons.